The molecule has 0 saturated heterocycles. The van der Waals surface area contributed by atoms with Gasteiger partial charge in [-0.3, -0.25) is 4.79 Å². The Morgan fingerprint density at radius 3 is 2.39 bits per heavy atom. The smallest absolute Gasteiger partial charge is 0.234 e. The van der Waals surface area contributed by atoms with Crippen molar-refractivity contribution in [3.63, 3.8) is 0 Å². The molecule has 100 valence electrons. The van der Waals surface area contributed by atoms with Gasteiger partial charge in [-0.25, -0.2) is 4.39 Å². The molecular weight excluding hydrogens is 231 g/mol. The Labute approximate surface area is 108 Å². The summed E-state index contributed by atoms with van der Waals surface area (Å²) in [5.74, 6) is 0.159. The van der Waals surface area contributed by atoms with Gasteiger partial charge in [0.25, 0.3) is 0 Å². The first-order chi connectivity index (χ1) is 8.49. The van der Waals surface area contributed by atoms with Crippen LogP contribution >= 0.6 is 0 Å². The van der Waals surface area contributed by atoms with Gasteiger partial charge in [-0.15, -0.1) is 0 Å². The molecule has 1 aromatic carbocycles. The molecule has 0 aliphatic rings. The van der Waals surface area contributed by atoms with Crippen LogP contribution < -0.4 is 10.6 Å². The molecule has 0 saturated carbocycles. The van der Waals surface area contributed by atoms with E-state index in [1.54, 1.807) is 12.1 Å². The topological polar surface area (TPSA) is 41.1 Å². The predicted molar refractivity (Wildman–Crippen MR) is 70.5 cm³/mol. The largest absolute Gasteiger partial charge is 0.352 e. The highest BCUT2D eigenvalue weighted by molar-refractivity contribution is 5.78. The van der Waals surface area contributed by atoms with Crippen LogP contribution in [0.2, 0.25) is 0 Å². The second-order valence-corrected chi connectivity index (χ2v) is 4.83. The molecule has 2 N–H and O–H groups in total. The number of nitrogens with one attached hydrogen (secondary N) is 2. The molecule has 0 aliphatic carbocycles. The second kappa shape index (κ2) is 7.11. The molecule has 0 bridgehead atoms. The monoisotopic (exact) mass is 252 g/mol. The lowest BCUT2D eigenvalue weighted by Crippen LogP contribution is -2.41. The summed E-state index contributed by atoms with van der Waals surface area (Å²) >= 11 is 0. The fraction of sp³-hybridized carbons (Fsp3) is 0.500. The van der Waals surface area contributed by atoms with E-state index in [0.717, 1.165) is 5.56 Å². The number of carbonyl (C=O) groups excluding carboxylic acids is 1. The lowest BCUT2D eigenvalue weighted by atomic mass is 10.1. The summed E-state index contributed by atoms with van der Waals surface area (Å²) in [6.07, 6.45) is 0. The third-order valence-corrected chi connectivity index (χ3v) is 2.92. The highest BCUT2D eigenvalue weighted by atomic mass is 19.1. The summed E-state index contributed by atoms with van der Waals surface area (Å²) < 4.78 is 12.7. The highest BCUT2D eigenvalue weighted by Crippen LogP contribution is 2.02. The summed E-state index contributed by atoms with van der Waals surface area (Å²) in [6.45, 7) is 6.95. The molecule has 1 aromatic rings. The first kappa shape index (κ1) is 14.6. The standard InChI is InChI=1S/C14H21FN2O/c1-10(2)11(3)17-14(18)9-16-8-12-4-6-13(15)7-5-12/h4-7,10-11,16H,8-9H2,1-3H3,(H,17,18). The summed E-state index contributed by atoms with van der Waals surface area (Å²) in [4.78, 5) is 11.6. The van der Waals surface area contributed by atoms with Crippen LogP contribution in [0.3, 0.4) is 0 Å². The zero-order chi connectivity index (χ0) is 13.5. The Morgan fingerprint density at radius 2 is 1.83 bits per heavy atom. The van der Waals surface area contributed by atoms with E-state index in [9.17, 15) is 9.18 Å². The fourth-order valence-corrected chi connectivity index (χ4v) is 1.39. The van der Waals surface area contributed by atoms with Gasteiger partial charge in [0.1, 0.15) is 5.82 Å². The zero-order valence-electron chi connectivity index (χ0n) is 11.2. The number of hydrogen-bond donors (Lipinski definition) is 2. The Hall–Kier alpha value is -1.42. The van der Waals surface area contributed by atoms with Crippen LogP contribution in [0.25, 0.3) is 0 Å². The summed E-state index contributed by atoms with van der Waals surface area (Å²) in [6, 6.07) is 6.41. The number of amides is 1. The number of rotatable bonds is 6. The molecule has 1 atom stereocenters. The molecule has 1 unspecified atom stereocenters. The van der Waals surface area contributed by atoms with Crippen LogP contribution in [0.15, 0.2) is 24.3 Å². The molecular formula is C14H21FN2O. The average molecular weight is 252 g/mol. The maximum atomic E-state index is 12.7. The minimum atomic E-state index is -0.248. The molecule has 0 fully saturated rings. The summed E-state index contributed by atoms with van der Waals surface area (Å²) in [5, 5.41) is 5.94. The lowest BCUT2D eigenvalue weighted by molar-refractivity contribution is -0.121. The van der Waals surface area contributed by atoms with Crippen molar-refractivity contribution >= 4 is 5.91 Å². The average Bonchev–Trinajstić information content (AvgIpc) is 2.31. The van der Waals surface area contributed by atoms with Gasteiger partial charge in [-0.1, -0.05) is 26.0 Å². The van der Waals surface area contributed by atoms with Gasteiger partial charge >= 0.3 is 0 Å². The van der Waals surface area contributed by atoms with E-state index >= 15 is 0 Å². The second-order valence-electron chi connectivity index (χ2n) is 4.83. The van der Waals surface area contributed by atoms with Crippen LogP contribution in [0.4, 0.5) is 4.39 Å². The Kier molecular flexibility index (Phi) is 5.78. The van der Waals surface area contributed by atoms with Gasteiger partial charge < -0.3 is 10.6 Å². The zero-order valence-corrected chi connectivity index (χ0v) is 11.2. The minimum Gasteiger partial charge on any atom is -0.352 e. The Morgan fingerprint density at radius 1 is 1.22 bits per heavy atom. The van der Waals surface area contributed by atoms with Crippen LogP contribution in [-0.2, 0) is 11.3 Å². The highest BCUT2D eigenvalue weighted by Gasteiger charge is 2.09. The van der Waals surface area contributed by atoms with Gasteiger partial charge in [-0.05, 0) is 30.5 Å². The van der Waals surface area contributed by atoms with E-state index in [2.05, 4.69) is 24.5 Å². The van der Waals surface area contributed by atoms with Crippen LogP contribution in [0.1, 0.15) is 26.3 Å². The van der Waals surface area contributed by atoms with Crippen molar-refractivity contribution in [1.29, 1.82) is 0 Å². The number of hydrogen-bond acceptors (Lipinski definition) is 2. The van der Waals surface area contributed by atoms with Gasteiger partial charge in [0.15, 0.2) is 0 Å². The molecule has 18 heavy (non-hydrogen) atoms. The summed E-state index contributed by atoms with van der Waals surface area (Å²) in [7, 11) is 0. The van der Waals surface area contributed by atoms with E-state index in [1.165, 1.54) is 12.1 Å². The molecule has 3 nitrogen and oxygen atoms in total. The SMILES string of the molecule is CC(C)C(C)NC(=O)CNCc1ccc(F)cc1. The molecule has 0 aliphatic heterocycles. The van der Waals surface area contributed by atoms with E-state index in [-0.39, 0.29) is 24.3 Å². The van der Waals surface area contributed by atoms with Crippen LogP contribution in [-0.4, -0.2) is 18.5 Å². The molecule has 4 heteroatoms. The Balaban J connectivity index is 2.25. The van der Waals surface area contributed by atoms with Crippen LogP contribution in [0, 0.1) is 11.7 Å². The van der Waals surface area contributed by atoms with Gasteiger partial charge in [0, 0.05) is 12.6 Å². The van der Waals surface area contributed by atoms with E-state index in [0.29, 0.717) is 12.5 Å². The lowest BCUT2D eigenvalue weighted by Gasteiger charge is -2.17. The molecule has 0 aromatic heterocycles. The first-order valence-corrected chi connectivity index (χ1v) is 6.23. The van der Waals surface area contributed by atoms with Crippen molar-refractivity contribution in [3.8, 4) is 0 Å². The van der Waals surface area contributed by atoms with E-state index in [4.69, 9.17) is 0 Å². The van der Waals surface area contributed by atoms with Crippen molar-refractivity contribution in [2.24, 2.45) is 5.92 Å². The maximum Gasteiger partial charge on any atom is 0.234 e. The molecule has 0 spiro atoms. The minimum absolute atomic E-state index is 0.0155. The van der Waals surface area contributed by atoms with Crippen molar-refractivity contribution in [3.05, 3.63) is 35.6 Å². The van der Waals surface area contributed by atoms with Crippen molar-refractivity contribution < 1.29 is 9.18 Å². The molecule has 0 radical (unpaired) electrons. The van der Waals surface area contributed by atoms with Gasteiger partial charge in [-0.2, -0.15) is 0 Å². The molecule has 1 rings (SSSR count). The summed E-state index contributed by atoms with van der Waals surface area (Å²) in [5.41, 5.74) is 0.959. The predicted octanol–water partition coefficient (Wildman–Crippen LogP) is 2.08. The normalized spacial score (nSPS) is 12.5. The van der Waals surface area contributed by atoms with Gasteiger partial charge in [0.2, 0.25) is 5.91 Å². The maximum absolute atomic E-state index is 12.7. The van der Waals surface area contributed by atoms with Crippen molar-refractivity contribution in [2.45, 2.75) is 33.4 Å². The number of benzene rings is 1. The number of carbonyl (C=O) groups is 1. The van der Waals surface area contributed by atoms with Crippen molar-refractivity contribution in [1.82, 2.24) is 10.6 Å². The third kappa shape index (κ3) is 5.27. The van der Waals surface area contributed by atoms with Crippen LogP contribution in [0.5, 0.6) is 0 Å². The molecule has 0 heterocycles. The van der Waals surface area contributed by atoms with Gasteiger partial charge in [0.05, 0.1) is 6.54 Å². The molecule has 1 amide bonds. The number of halogens is 1. The van der Waals surface area contributed by atoms with E-state index in [1.807, 2.05) is 6.92 Å². The van der Waals surface area contributed by atoms with E-state index < -0.39 is 0 Å². The third-order valence-electron chi connectivity index (χ3n) is 2.92. The first-order valence-electron chi connectivity index (χ1n) is 6.23. The quantitative estimate of drug-likeness (QED) is 0.814. The Bertz CT molecular complexity index is 376. The van der Waals surface area contributed by atoms with Crippen molar-refractivity contribution in [2.75, 3.05) is 6.54 Å². The fourth-order valence-electron chi connectivity index (χ4n) is 1.39.